The van der Waals surface area contributed by atoms with Gasteiger partial charge in [-0.2, -0.15) is 0 Å². The summed E-state index contributed by atoms with van der Waals surface area (Å²) in [6, 6.07) is 4.18. The highest BCUT2D eigenvalue weighted by molar-refractivity contribution is 5.18. The number of nitrogens with one attached hydrogen (secondary N) is 1. The first kappa shape index (κ1) is 14.1. The van der Waals surface area contributed by atoms with Crippen LogP contribution in [0.5, 0.6) is 0 Å². The molecule has 1 rings (SSSR count). The Morgan fingerprint density at radius 3 is 2.24 bits per heavy atom. The summed E-state index contributed by atoms with van der Waals surface area (Å²) in [7, 11) is 0. The number of rotatable bonds is 7. The van der Waals surface area contributed by atoms with E-state index >= 15 is 0 Å². The minimum absolute atomic E-state index is 0.441. The van der Waals surface area contributed by atoms with Gasteiger partial charge in [0.2, 0.25) is 0 Å². The molecule has 0 saturated heterocycles. The Morgan fingerprint density at radius 2 is 1.71 bits per heavy atom. The molecule has 0 aliphatic heterocycles. The molecule has 0 bridgehead atoms. The fraction of sp³-hybridized carbons (Fsp3) is 0.571. The van der Waals surface area contributed by atoms with Crippen molar-refractivity contribution < 1.29 is 8.78 Å². The minimum Gasteiger partial charge on any atom is -0.314 e. The third-order valence-electron chi connectivity index (χ3n) is 2.83. The van der Waals surface area contributed by atoms with Crippen LogP contribution in [-0.4, -0.2) is 12.6 Å². The first-order valence-electron chi connectivity index (χ1n) is 6.34. The standard InChI is InChI=1S/C14H21F2N/c1-3-5-14(17-4-2)7-6-11-8-12(15)10-13(16)9-11/h8-10,14,17H,3-7H2,1-2H3. The number of halogens is 2. The Kier molecular flexibility index (Phi) is 6.12. The van der Waals surface area contributed by atoms with Gasteiger partial charge in [0.1, 0.15) is 11.6 Å². The summed E-state index contributed by atoms with van der Waals surface area (Å²) in [6.45, 7) is 5.15. The zero-order valence-electron chi connectivity index (χ0n) is 10.6. The van der Waals surface area contributed by atoms with E-state index in [9.17, 15) is 8.78 Å². The van der Waals surface area contributed by atoms with E-state index < -0.39 is 11.6 Å². The molecule has 1 aromatic rings. The molecule has 0 aliphatic carbocycles. The van der Waals surface area contributed by atoms with Gasteiger partial charge < -0.3 is 5.32 Å². The zero-order chi connectivity index (χ0) is 12.7. The quantitative estimate of drug-likeness (QED) is 0.768. The van der Waals surface area contributed by atoms with Crippen LogP contribution in [0.2, 0.25) is 0 Å². The second-order valence-electron chi connectivity index (χ2n) is 4.36. The molecule has 1 N–H and O–H groups in total. The normalized spacial score (nSPS) is 12.7. The summed E-state index contributed by atoms with van der Waals surface area (Å²) >= 11 is 0. The predicted octanol–water partition coefficient (Wildman–Crippen LogP) is 3.68. The van der Waals surface area contributed by atoms with Crippen LogP contribution < -0.4 is 5.32 Å². The lowest BCUT2D eigenvalue weighted by molar-refractivity contribution is 0.458. The van der Waals surface area contributed by atoms with Crippen molar-refractivity contribution in [2.24, 2.45) is 0 Å². The van der Waals surface area contributed by atoms with Crippen LogP contribution in [0, 0.1) is 11.6 Å². The van der Waals surface area contributed by atoms with Crippen molar-refractivity contribution in [2.75, 3.05) is 6.54 Å². The molecule has 1 nitrogen and oxygen atoms in total. The molecule has 1 aromatic carbocycles. The predicted molar refractivity (Wildman–Crippen MR) is 67.1 cm³/mol. The molecule has 1 atom stereocenters. The lowest BCUT2D eigenvalue weighted by Crippen LogP contribution is -2.29. The van der Waals surface area contributed by atoms with Crippen LogP contribution in [0.15, 0.2) is 18.2 Å². The van der Waals surface area contributed by atoms with E-state index in [2.05, 4.69) is 19.2 Å². The summed E-state index contributed by atoms with van der Waals surface area (Å²) in [4.78, 5) is 0. The van der Waals surface area contributed by atoms with E-state index in [1.165, 1.54) is 12.1 Å². The van der Waals surface area contributed by atoms with E-state index in [1.807, 2.05) is 0 Å². The molecule has 3 heteroatoms. The van der Waals surface area contributed by atoms with Gasteiger partial charge in [0, 0.05) is 12.1 Å². The SMILES string of the molecule is CCCC(CCc1cc(F)cc(F)c1)NCC. The number of aryl methyl sites for hydroxylation is 1. The van der Waals surface area contributed by atoms with Crippen molar-refractivity contribution in [3.8, 4) is 0 Å². The van der Waals surface area contributed by atoms with Crippen molar-refractivity contribution in [1.82, 2.24) is 5.32 Å². The van der Waals surface area contributed by atoms with E-state index in [0.717, 1.165) is 37.4 Å². The van der Waals surface area contributed by atoms with Gasteiger partial charge >= 0.3 is 0 Å². The summed E-state index contributed by atoms with van der Waals surface area (Å²) in [5, 5.41) is 3.40. The third kappa shape index (κ3) is 5.26. The molecule has 1 unspecified atom stereocenters. The maximum absolute atomic E-state index is 13.0. The second-order valence-corrected chi connectivity index (χ2v) is 4.36. The van der Waals surface area contributed by atoms with Crippen molar-refractivity contribution in [3.05, 3.63) is 35.4 Å². The first-order valence-corrected chi connectivity index (χ1v) is 6.34. The lowest BCUT2D eigenvalue weighted by Gasteiger charge is -2.16. The zero-order valence-corrected chi connectivity index (χ0v) is 10.6. The fourth-order valence-electron chi connectivity index (χ4n) is 2.08. The Bertz CT molecular complexity index is 313. The van der Waals surface area contributed by atoms with Crippen LogP contribution in [0.4, 0.5) is 8.78 Å². The first-order chi connectivity index (χ1) is 8.15. The van der Waals surface area contributed by atoms with Crippen LogP contribution >= 0.6 is 0 Å². The molecule has 17 heavy (non-hydrogen) atoms. The third-order valence-corrected chi connectivity index (χ3v) is 2.83. The average molecular weight is 241 g/mol. The van der Waals surface area contributed by atoms with Crippen molar-refractivity contribution in [2.45, 2.75) is 45.6 Å². The van der Waals surface area contributed by atoms with Gasteiger partial charge in [-0.25, -0.2) is 8.78 Å². The van der Waals surface area contributed by atoms with E-state index in [-0.39, 0.29) is 0 Å². The van der Waals surface area contributed by atoms with Gasteiger partial charge in [0.05, 0.1) is 0 Å². The summed E-state index contributed by atoms with van der Waals surface area (Å²) in [5.41, 5.74) is 0.738. The Morgan fingerprint density at radius 1 is 1.06 bits per heavy atom. The largest absolute Gasteiger partial charge is 0.314 e. The van der Waals surface area contributed by atoms with Gasteiger partial charge in [0.25, 0.3) is 0 Å². The molecule has 0 radical (unpaired) electrons. The topological polar surface area (TPSA) is 12.0 Å². The monoisotopic (exact) mass is 241 g/mol. The molecule has 0 aliphatic rings. The van der Waals surface area contributed by atoms with Crippen molar-refractivity contribution in [1.29, 1.82) is 0 Å². The lowest BCUT2D eigenvalue weighted by atomic mass is 10.0. The smallest absolute Gasteiger partial charge is 0.126 e. The maximum Gasteiger partial charge on any atom is 0.126 e. The molecule has 0 saturated carbocycles. The molecule has 0 fully saturated rings. The molecule has 96 valence electrons. The fourth-order valence-corrected chi connectivity index (χ4v) is 2.08. The molecular weight excluding hydrogens is 220 g/mol. The van der Waals surface area contributed by atoms with E-state index in [0.29, 0.717) is 12.5 Å². The summed E-state index contributed by atoms with van der Waals surface area (Å²) in [5.74, 6) is -0.981. The highest BCUT2D eigenvalue weighted by atomic mass is 19.1. The Balaban J connectivity index is 2.52. The second kappa shape index (κ2) is 7.38. The number of hydrogen-bond donors (Lipinski definition) is 1. The van der Waals surface area contributed by atoms with Crippen molar-refractivity contribution >= 4 is 0 Å². The number of hydrogen-bond acceptors (Lipinski definition) is 1. The van der Waals surface area contributed by atoms with Crippen molar-refractivity contribution in [3.63, 3.8) is 0 Å². The Hall–Kier alpha value is -0.960. The summed E-state index contributed by atoms with van der Waals surface area (Å²) in [6.07, 6.45) is 3.86. The maximum atomic E-state index is 13.0. The summed E-state index contributed by atoms with van der Waals surface area (Å²) < 4.78 is 26.0. The Labute approximate surface area is 102 Å². The molecule has 0 heterocycles. The number of benzene rings is 1. The van der Waals surface area contributed by atoms with E-state index in [1.54, 1.807) is 0 Å². The highest BCUT2D eigenvalue weighted by Crippen LogP contribution is 2.12. The average Bonchev–Trinajstić information content (AvgIpc) is 2.25. The van der Waals surface area contributed by atoms with Gasteiger partial charge in [-0.3, -0.25) is 0 Å². The highest BCUT2D eigenvalue weighted by Gasteiger charge is 2.07. The van der Waals surface area contributed by atoms with Crippen LogP contribution in [0.3, 0.4) is 0 Å². The minimum atomic E-state index is -0.490. The van der Waals surface area contributed by atoms with E-state index in [4.69, 9.17) is 0 Å². The molecule has 0 amide bonds. The van der Waals surface area contributed by atoms with Gasteiger partial charge in [-0.15, -0.1) is 0 Å². The van der Waals surface area contributed by atoms with Gasteiger partial charge in [-0.1, -0.05) is 20.3 Å². The van der Waals surface area contributed by atoms with Gasteiger partial charge in [0.15, 0.2) is 0 Å². The van der Waals surface area contributed by atoms with Crippen LogP contribution in [0.25, 0.3) is 0 Å². The molecular formula is C14H21F2N. The van der Waals surface area contributed by atoms with Gasteiger partial charge in [-0.05, 0) is 43.5 Å². The molecule has 0 spiro atoms. The van der Waals surface area contributed by atoms with Crippen LogP contribution in [0.1, 0.15) is 38.7 Å². The van der Waals surface area contributed by atoms with Crippen LogP contribution in [-0.2, 0) is 6.42 Å². The molecule has 0 aromatic heterocycles.